The highest BCUT2D eigenvalue weighted by Gasteiger charge is 2.10. The minimum absolute atomic E-state index is 0.0379. The molecule has 0 aliphatic heterocycles. The van der Waals surface area contributed by atoms with Gasteiger partial charge in [-0.05, 0) is 58.7 Å². The van der Waals surface area contributed by atoms with Crippen molar-refractivity contribution in [1.82, 2.24) is 0 Å². The van der Waals surface area contributed by atoms with E-state index in [1.54, 1.807) is 0 Å². The minimum Gasteiger partial charge on any atom is -0.487 e. The van der Waals surface area contributed by atoms with Crippen LogP contribution in [0.2, 0.25) is 0 Å². The van der Waals surface area contributed by atoms with Crippen molar-refractivity contribution in [3.05, 3.63) is 63.6 Å². The van der Waals surface area contributed by atoms with E-state index in [9.17, 15) is 8.78 Å². The van der Waals surface area contributed by atoms with Gasteiger partial charge in [-0.15, -0.1) is 0 Å². The van der Waals surface area contributed by atoms with E-state index >= 15 is 0 Å². The Bertz CT molecular complexity index is 604. The Labute approximate surface area is 124 Å². The van der Waals surface area contributed by atoms with Gasteiger partial charge in [0.1, 0.15) is 24.0 Å². The minimum atomic E-state index is -0.487. The van der Waals surface area contributed by atoms with Crippen LogP contribution in [0.5, 0.6) is 5.75 Å². The van der Waals surface area contributed by atoms with Crippen LogP contribution in [0.15, 0.2) is 40.9 Å². The van der Waals surface area contributed by atoms with Crippen LogP contribution in [-0.2, 0) is 13.0 Å². The molecule has 0 unspecified atom stereocenters. The van der Waals surface area contributed by atoms with Gasteiger partial charge in [0.25, 0.3) is 0 Å². The first kappa shape index (κ1) is 14.9. The molecule has 0 fully saturated rings. The molecule has 0 atom stereocenters. The maximum absolute atomic E-state index is 13.5. The van der Waals surface area contributed by atoms with E-state index in [-0.39, 0.29) is 12.2 Å². The quantitative estimate of drug-likeness (QED) is 0.897. The highest BCUT2D eigenvalue weighted by Crippen LogP contribution is 2.30. The molecule has 0 aliphatic rings. The summed E-state index contributed by atoms with van der Waals surface area (Å²) in [6, 6.07) is 8.91. The monoisotopic (exact) mass is 341 g/mol. The zero-order valence-electron chi connectivity index (χ0n) is 10.7. The fourth-order valence-electron chi connectivity index (χ4n) is 1.87. The summed E-state index contributed by atoms with van der Waals surface area (Å²) < 4.78 is 33.0. The van der Waals surface area contributed by atoms with Crippen LogP contribution < -0.4 is 10.5 Å². The summed E-state index contributed by atoms with van der Waals surface area (Å²) in [5.74, 6) is -0.361. The molecule has 2 aromatic carbocycles. The second kappa shape index (κ2) is 6.81. The summed E-state index contributed by atoms with van der Waals surface area (Å²) in [6.07, 6.45) is 0.653. The molecule has 0 aliphatic carbocycles. The molecule has 5 heteroatoms. The lowest BCUT2D eigenvalue weighted by atomic mass is 10.1. The molecule has 0 bridgehead atoms. The van der Waals surface area contributed by atoms with Gasteiger partial charge in [-0.25, -0.2) is 8.78 Å². The van der Waals surface area contributed by atoms with E-state index in [0.29, 0.717) is 18.7 Å². The number of benzene rings is 2. The Morgan fingerprint density at radius 3 is 2.65 bits per heavy atom. The maximum atomic E-state index is 13.5. The summed E-state index contributed by atoms with van der Waals surface area (Å²) >= 11 is 3.39. The highest BCUT2D eigenvalue weighted by atomic mass is 79.9. The van der Waals surface area contributed by atoms with Crippen molar-refractivity contribution in [2.75, 3.05) is 6.54 Å². The summed E-state index contributed by atoms with van der Waals surface area (Å²) in [4.78, 5) is 0. The first-order valence-electron chi connectivity index (χ1n) is 6.16. The van der Waals surface area contributed by atoms with E-state index in [4.69, 9.17) is 10.5 Å². The lowest BCUT2D eigenvalue weighted by Gasteiger charge is -2.13. The lowest BCUT2D eigenvalue weighted by molar-refractivity contribution is 0.294. The average Bonchev–Trinajstić information content (AvgIpc) is 2.42. The van der Waals surface area contributed by atoms with Gasteiger partial charge in [-0.2, -0.15) is 0 Å². The van der Waals surface area contributed by atoms with Crippen LogP contribution >= 0.6 is 15.9 Å². The third-order valence-corrected chi connectivity index (χ3v) is 3.47. The van der Waals surface area contributed by atoms with Crippen LogP contribution in [0.25, 0.3) is 0 Å². The molecular formula is C15H14BrF2NO. The number of halogens is 3. The Kier molecular flexibility index (Phi) is 5.09. The van der Waals surface area contributed by atoms with E-state index < -0.39 is 11.6 Å². The lowest BCUT2D eigenvalue weighted by Crippen LogP contribution is -2.06. The van der Waals surface area contributed by atoms with Crippen molar-refractivity contribution in [1.29, 1.82) is 0 Å². The fourth-order valence-corrected chi connectivity index (χ4v) is 2.39. The molecule has 0 radical (unpaired) electrons. The van der Waals surface area contributed by atoms with Crippen LogP contribution in [0.4, 0.5) is 8.78 Å². The van der Waals surface area contributed by atoms with Gasteiger partial charge in [-0.3, -0.25) is 0 Å². The van der Waals surface area contributed by atoms with Crippen molar-refractivity contribution in [2.45, 2.75) is 13.0 Å². The van der Waals surface area contributed by atoms with E-state index in [1.807, 2.05) is 18.2 Å². The number of hydrogen-bond donors (Lipinski definition) is 1. The first-order valence-corrected chi connectivity index (χ1v) is 6.95. The Hall–Kier alpha value is -1.46. The molecule has 106 valence electrons. The highest BCUT2D eigenvalue weighted by molar-refractivity contribution is 9.10. The second-order valence-corrected chi connectivity index (χ2v) is 5.15. The number of para-hydroxylation sites is 1. The van der Waals surface area contributed by atoms with Crippen molar-refractivity contribution < 1.29 is 13.5 Å². The van der Waals surface area contributed by atoms with Crippen molar-refractivity contribution >= 4 is 15.9 Å². The van der Waals surface area contributed by atoms with Gasteiger partial charge in [0.15, 0.2) is 0 Å². The largest absolute Gasteiger partial charge is 0.487 e. The average molecular weight is 342 g/mol. The fraction of sp³-hybridized carbons (Fsp3) is 0.200. The molecule has 0 saturated heterocycles. The molecule has 2 nitrogen and oxygen atoms in total. The Morgan fingerprint density at radius 1 is 1.10 bits per heavy atom. The molecular weight excluding hydrogens is 328 g/mol. The smallest absolute Gasteiger partial charge is 0.137 e. The molecule has 0 amide bonds. The van der Waals surface area contributed by atoms with Crippen LogP contribution in [-0.4, -0.2) is 6.54 Å². The van der Waals surface area contributed by atoms with Gasteiger partial charge >= 0.3 is 0 Å². The number of hydrogen-bond acceptors (Lipinski definition) is 2. The molecule has 0 saturated carbocycles. The predicted octanol–water partition coefficient (Wildman–Crippen LogP) is 3.81. The van der Waals surface area contributed by atoms with Gasteiger partial charge in [0, 0.05) is 5.56 Å². The van der Waals surface area contributed by atoms with Gasteiger partial charge in [0.2, 0.25) is 0 Å². The molecule has 0 heterocycles. The summed E-state index contributed by atoms with van der Waals surface area (Å²) in [7, 11) is 0. The summed E-state index contributed by atoms with van der Waals surface area (Å²) in [5.41, 5.74) is 6.66. The van der Waals surface area contributed by atoms with Gasteiger partial charge in [-0.1, -0.05) is 12.1 Å². The van der Waals surface area contributed by atoms with Crippen molar-refractivity contribution in [2.24, 2.45) is 5.73 Å². The SMILES string of the molecule is NCCc1cccc(Br)c1OCc1cc(F)ccc1F. The first-order chi connectivity index (χ1) is 9.61. The number of nitrogens with two attached hydrogens (primary N) is 1. The Morgan fingerprint density at radius 2 is 1.90 bits per heavy atom. The van der Waals surface area contributed by atoms with Gasteiger partial charge < -0.3 is 10.5 Å². The third-order valence-electron chi connectivity index (χ3n) is 2.84. The number of ether oxygens (including phenoxy) is 1. The van der Waals surface area contributed by atoms with E-state index in [1.165, 1.54) is 0 Å². The van der Waals surface area contributed by atoms with Gasteiger partial charge in [0.05, 0.1) is 4.47 Å². The third kappa shape index (κ3) is 3.55. The zero-order valence-corrected chi connectivity index (χ0v) is 12.3. The standard InChI is InChI=1S/C15H14BrF2NO/c16-13-3-1-2-10(6-7-19)15(13)20-9-11-8-12(17)4-5-14(11)18/h1-5,8H,6-7,9,19H2. The molecule has 2 N–H and O–H groups in total. The van der Waals surface area contributed by atoms with Crippen LogP contribution in [0.3, 0.4) is 0 Å². The van der Waals surface area contributed by atoms with E-state index in [2.05, 4.69) is 15.9 Å². The maximum Gasteiger partial charge on any atom is 0.137 e. The normalized spacial score (nSPS) is 10.6. The molecule has 2 rings (SSSR count). The van der Waals surface area contributed by atoms with Crippen molar-refractivity contribution in [3.63, 3.8) is 0 Å². The van der Waals surface area contributed by atoms with Crippen LogP contribution in [0.1, 0.15) is 11.1 Å². The molecule has 0 spiro atoms. The molecule has 2 aromatic rings. The molecule has 20 heavy (non-hydrogen) atoms. The predicted molar refractivity (Wildman–Crippen MR) is 77.6 cm³/mol. The summed E-state index contributed by atoms with van der Waals surface area (Å²) in [6.45, 7) is 0.449. The molecule has 0 aromatic heterocycles. The van der Waals surface area contributed by atoms with Crippen LogP contribution in [0, 0.1) is 11.6 Å². The zero-order chi connectivity index (χ0) is 14.5. The Balaban J connectivity index is 2.20. The number of rotatable bonds is 5. The summed E-state index contributed by atoms with van der Waals surface area (Å²) in [5, 5.41) is 0. The van der Waals surface area contributed by atoms with Crippen molar-refractivity contribution in [3.8, 4) is 5.75 Å². The second-order valence-electron chi connectivity index (χ2n) is 4.29. The topological polar surface area (TPSA) is 35.2 Å². The van der Waals surface area contributed by atoms with E-state index in [0.717, 1.165) is 28.2 Å².